The summed E-state index contributed by atoms with van der Waals surface area (Å²) in [6.45, 7) is 11.0. The Labute approximate surface area is 255 Å². The molecule has 2 aliphatic rings. The van der Waals surface area contributed by atoms with E-state index in [-0.39, 0.29) is 12.1 Å². The summed E-state index contributed by atoms with van der Waals surface area (Å²) < 4.78 is 24.7. The third-order valence-corrected chi connectivity index (χ3v) is 8.72. The Morgan fingerprint density at radius 3 is 2.73 bits per heavy atom. The van der Waals surface area contributed by atoms with Gasteiger partial charge in [0.15, 0.2) is 5.69 Å². The van der Waals surface area contributed by atoms with E-state index in [4.69, 9.17) is 35.2 Å². The van der Waals surface area contributed by atoms with Gasteiger partial charge in [0.2, 0.25) is 5.88 Å². The van der Waals surface area contributed by atoms with E-state index in [0.717, 1.165) is 85.5 Å². The summed E-state index contributed by atoms with van der Waals surface area (Å²) in [5.74, 6) is 2.63. The SMILES string of the molecule is [C-]#[N+]c1ccc(COc2cccc(N3CCC(Cc4nc5ccc(C(=O)OC)cc5n4C[C@@H]4CCO4)CC3)n2)c2occc12. The predicted octanol–water partition coefficient (Wildman–Crippen LogP) is 6.34. The normalized spacial score (nSPS) is 17.0. The van der Waals surface area contributed by atoms with E-state index in [1.807, 2.05) is 42.5 Å². The zero-order chi connectivity index (χ0) is 30.0. The zero-order valence-corrected chi connectivity index (χ0v) is 24.6. The lowest BCUT2D eigenvalue weighted by molar-refractivity contribution is -0.0590. The molecule has 0 saturated carbocycles. The van der Waals surface area contributed by atoms with Gasteiger partial charge in [0, 0.05) is 43.1 Å². The highest BCUT2D eigenvalue weighted by atomic mass is 16.5. The summed E-state index contributed by atoms with van der Waals surface area (Å²) in [7, 11) is 1.40. The number of anilines is 1. The molecule has 10 nitrogen and oxygen atoms in total. The highest BCUT2D eigenvalue weighted by molar-refractivity contribution is 5.94. The van der Waals surface area contributed by atoms with Crippen LogP contribution in [0.1, 0.15) is 41.0 Å². The molecule has 0 amide bonds. The van der Waals surface area contributed by atoms with Crippen molar-refractivity contribution in [2.75, 3.05) is 31.7 Å². The van der Waals surface area contributed by atoms with Gasteiger partial charge in [-0.2, -0.15) is 4.98 Å². The molecule has 0 spiro atoms. The van der Waals surface area contributed by atoms with Crippen LogP contribution in [-0.2, 0) is 29.0 Å². The number of furan rings is 1. The lowest BCUT2D eigenvalue weighted by Crippen LogP contribution is -2.35. The van der Waals surface area contributed by atoms with Crippen LogP contribution >= 0.6 is 0 Å². The topological polar surface area (TPSA) is 96.2 Å². The monoisotopic (exact) mass is 591 g/mol. The fraction of sp³-hybridized carbons (Fsp3) is 0.353. The van der Waals surface area contributed by atoms with Gasteiger partial charge < -0.3 is 28.1 Å². The summed E-state index contributed by atoms with van der Waals surface area (Å²) in [6, 6.07) is 16.9. The summed E-state index contributed by atoms with van der Waals surface area (Å²) in [6.07, 6.45) is 5.72. The molecule has 2 aliphatic heterocycles. The van der Waals surface area contributed by atoms with Gasteiger partial charge in [-0.25, -0.2) is 14.6 Å². The highest BCUT2D eigenvalue weighted by Crippen LogP contribution is 2.32. The van der Waals surface area contributed by atoms with E-state index >= 15 is 0 Å². The molecule has 1 atom stereocenters. The van der Waals surface area contributed by atoms with E-state index in [1.165, 1.54) is 7.11 Å². The Bertz CT molecular complexity index is 1860. The van der Waals surface area contributed by atoms with Gasteiger partial charge >= 0.3 is 5.97 Å². The van der Waals surface area contributed by atoms with Crippen LogP contribution in [0.25, 0.3) is 26.8 Å². The first-order chi connectivity index (χ1) is 21.6. The molecule has 0 aliphatic carbocycles. The molecule has 5 aromatic rings. The molecular weight excluding hydrogens is 558 g/mol. The maximum absolute atomic E-state index is 12.2. The predicted molar refractivity (Wildman–Crippen MR) is 165 cm³/mol. The van der Waals surface area contributed by atoms with Crippen molar-refractivity contribution in [1.82, 2.24) is 14.5 Å². The Morgan fingerprint density at radius 1 is 1.09 bits per heavy atom. The van der Waals surface area contributed by atoms with Crippen LogP contribution in [0.5, 0.6) is 5.88 Å². The summed E-state index contributed by atoms with van der Waals surface area (Å²) >= 11 is 0. The first-order valence-electron chi connectivity index (χ1n) is 15.0. The van der Waals surface area contributed by atoms with Crippen molar-refractivity contribution in [3.05, 3.63) is 89.2 Å². The van der Waals surface area contributed by atoms with Gasteiger partial charge in [0.1, 0.15) is 23.8 Å². The summed E-state index contributed by atoms with van der Waals surface area (Å²) in [4.78, 5) is 27.9. The van der Waals surface area contributed by atoms with Crippen LogP contribution in [0, 0.1) is 12.5 Å². The number of hydrogen-bond donors (Lipinski definition) is 0. The van der Waals surface area contributed by atoms with Crippen LogP contribution < -0.4 is 9.64 Å². The highest BCUT2D eigenvalue weighted by Gasteiger charge is 2.26. The number of piperidine rings is 1. The quantitative estimate of drug-likeness (QED) is 0.145. The van der Waals surface area contributed by atoms with E-state index in [2.05, 4.69) is 14.3 Å². The lowest BCUT2D eigenvalue weighted by Gasteiger charge is -2.33. The molecule has 10 heteroatoms. The van der Waals surface area contributed by atoms with Gasteiger partial charge in [-0.15, -0.1) is 0 Å². The van der Waals surface area contributed by atoms with Crippen molar-refractivity contribution in [3.8, 4) is 5.88 Å². The minimum atomic E-state index is -0.346. The minimum absolute atomic E-state index is 0.179. The number of carbonyl (C=O) groups excluding carboxylic acids is 1. The van der Waals surface area contributed by atoms with Gasteiger partial charge in [-0.05, 0) is 55.5 Å². The maximum Gasteiger partial charge on any atom is 0.337 e. The third-order valence-electron chi connectivity index (χ3n) is 8.72. The average Bonchev–Trinajstić information content (AvgIpc) is 3.66. The minimum Gasteiger partial charge on any atom is -0.473 e. The molecule has 5 heterocycles. The number of rotatable bonds is 9. The van der Waals surface area contributed by atoms with Crippen molar-refractivity contribution >= 4 is 39.5 Å². The second kappa shape index (κ2) is 12.0. The molecule has 7 rings (SSSR count). The van der Waals surface area contributed by atoms with E-state index in [9.17, 15) is 4.79 Å². The number of carbonyl (C=O) groups is 1. The van der Waals surface area contributed by atoms with Gasteiger partial charge in [-0.1, -0.05) is 18.2 Å². The molecule has 0 unspecified atom stereocenters. The average molecular weight is 592 g/mol. The molecule has 0 radical (unpaired) electrons. The van der Waals surface area contributed by atoms with Crippen molar-refractivity contribution in [2.24, 2.45) is 5.92 Å². The molecule has 0 N–H and O–H groups in total. The first kappa shape index (κ1) is 27.9. The number of ether oxygens (including phenoxy) is 3. The molecule has 0 bridgehead atoms. The van der Waals surface area contributed by atoms with Gasteiger partial charge in [-0.3, -0.25) is 0 Å². The van der Waals surface area contributed by atoms with Gasteiger partial charge in [0.05, 0.1) is 49.2 Å². The molecule has 2 aromatic carbocycles. The number of hydrogen-bond acceptors (Lipinski definition) is 8. The summed E-state index contributed by atoms with van der Waals surface area (Å²) in [5, 5.41) is 0.795. The Morgan fingerprint density at radius 2 is 1.95 bits per heavy atom. The number of fused-ring (bicyclic) bond motifs is 2. The molecule has 224 valence electrons. The van der Waals surface area contributed by atoms with E-state index in [1.54, 1.807) is 18.4 Å². The molecule has 44 heavy (non-hydrogen) atoms. The fourth-order valence-corrected chi connectivity index (χ4v) is 6.16. The smallest absolute Gasteiger partial charge is 0.337 e. The number of nitrogens with zero attached hydrogens (tertiary/aromatic N) is 5. The van der Waals surface area contributed by atoms with Crippen LogP contribution in [-0.4, -0.2) is 53.4 Å². The fourth-order valence-electron chi connectivity index (χ4n) is 6.16. The lowest BCUT2D eigenvalue weighted by atomic mass is 9.93. The number of benzene rings is 2. The maximum atomic E-state index is 12.2. The van der Waals surface area contributed by atoms with Crippen molar-refractivity contribution < 1.29 is 23.4 Å². The Balaban J connectivity index is 1.01. The van der Waals surface area contributed by atoms with Gasteiger partial charge in [0.25, 0.3) is 0 Å². The van der Waals surface area contributed by atoms with Crippen molar-refractivity contribution in [2.45, 2.75) is 44.9 Å². The second-order valence-electron chi connectivity index (χ2n) is 11.4. The largest absolute Gasteiger partial charge is 0.473 e. The Hall–Kier alpha value is -4.88. The number of aromatic nitrogens is 3. The number of methoxy groups -OCH3 is 1. The number of imidazole rings is 1. The van der Waals surface area contributed by atoms with E-state index < -0.39 is 0 Å². The third kappa shape index (κ3) is 5.47. The second-order valence-corrected chi connectivity index (χ2v) is 11.4. The molecular formula is C34H33N5O5. The summed E-state index contributed by atoms with van der Waals surface area (Å²) in [5.41, 5.74) is 4.49. The zero-order valence-electron chi connectivity index (χ0n) is 24.6. The van der Waals surface area contributed by atoms with E-state index in [0.29, 0.717) is 35.2 Å². The van der Waals surface area contributed by atoms with Crippen LogP contribution in [0.2, 0.25) is 0 Å². The van der Waals surface area contributed by atoms with Crippen LogP contribution in [0.4, 0.5) is 11.5 Å². The number of pyridine rings is 1. The molecule has 2 fully saturated rings. The Kier molecular flexibility index (Phi) is 7.62. The van der Waals surface area contributed by atoms with Crippen LogP contribution in [0.15, 0.2) is 65.3 Å². The number of esters is 1. The molecule has 2 saturated heterocycles. The molecule has 3 aromatic heterocycles. The first-order valence-corrected chi connectivity index (χ1v) is 15.0. The standard InChI is InChI=1S/C34H33N5O5/c1-35-27-8-7-24(33-26(27)13-17-43-33)21-44-32-5-3-4-30(37-32)38-14-10-22(11-15-38)18-31-36-28-9-6-23(34(40)41-2)19-29(28)39(31)20-25-12-16-42-25/h3-9,13,17,19,22,25H,10-12,14-16,18,20-21H2,2H3/t25-/m0/s1. The van der Waals surface area contributed by atoms with Crippen LogP contribution in [0.3, 0.4) is 0 Å². The van der Waals surface area contributed by atoms with Crippen molar-refractivity contribution in [3.63, 3.8) is 0 Å². The van der Waals surface area contributed by atoms with Crippen molar-refractivity contribution in [1.29, 1.82) is 0 Å².